The molecule has 1 fully saturated rings. The molecule has 1 aliphatic rings. The highest BCUT2D eigenvalue weighted by molar-refractivity contribution is 7.47. The number of phosphoric acid groups is 1. The number of hydrogen-bond donors (Lipinski definition) is 1. The van der Waals surface area contributed by atoms with Crippen molar-refractivity contribution in [1.29, 1.82) is 0 Å². The predicted molar refractivity (Wildman–Crippen MR) is 47.9 cm³/mol. The summed E-state index contributed by atoms with van der Waals surface area (Å²) in [7, 11) is -1.26. The first kappa shape index (κ1) is 12.1. The summed E-state index contributed by atoms with van der Waals surface area (Å²) in [6.07, 6.45) is -0.163. The largest absolute Gasteiger partial charge is 0.472 e. The van der Waals surface area contributed by atoms with E-state index in [2.05, 4.69) is 4.52 Å². The van der Waals surface area contributed by atoms with E-state index in [1.54, 1.807) is 0 Å². The number of rotatable bonds is 5. The molecule has 6 nitrogen and oxygen atoms in total. The summed E-state index contributed by atoms with van der Waals surface area (Å²) in [4.78, 5) is 9.08. The highest BCUT2D eigenvalue weighted by atomic mass is 31.2. The SMILES string of the molecule is COC[C@H]1OCC[C@H]1OP(=O)(O)OC. The Kier molecular flexibility index (Phi) is 4.50. The Labute approximate surface area is 82.7 Å². The van der Waals surface area contributed by atoms with Gasteiger partial charge in [-0.05, 0) is 0 Å². The lowest BCUT2D eigenvalue weighted by Crippen LogP contribution is -2.28. The molecular weight excluding hydrogens is 211 g/mol. The van der Waals surface area contributed by atoms with Crippen molar-refractivity contribution in [2.24, 2.45) is 0 Å². The fraction of sp³-hybridized carbons (Fsp3) is 1.00. The van der Waals surface area contributed by atoms with E-state index < -0.39 is 13.9 Å². The van der Waals surface area contributed by atoms with Crippen LogP contribution in [0.15, 0.2) is 0 Å². The molecule has 1 unspecified atom stereocenters. The Morgan fingerprint density at radius 2 is 2.29 bits per heavy atom. The standard InChI is InChI=1S/C7H15O6P/c1-10-5-7-6(3-4-12-7)13-14(8,9)11-2/h6-7H,3-5H2,1-2H3,(H,8,9)/t6-,7-/m1/s1. The summed E-state index contributed by atoms with van der Waals surface area (Å²) in [6.45, 7) is 0.844. The molecule has 1 saturated heterocycles. The van der Waals surface area contributed by atoms with Crippen molar-refractivity contribution in [1.82, 2.24) is 0 Å². The van der Waals surface area contributed by atoms with Gasteiger partial charge in [0, 0.05) is 27.2 Å². The minimum Gasteiger partial charge on any atom is -0.382 e. The van der Waals surface area contributed by atoms with E-state index in [0.717, 1.165) is 7.11 Å². The van der Waals surface area contributed by atoms with Gasteiger partial charge in [0.15, 0.2) is 0 Å². The van der Waals surface area contributed by atoms with Crippen molar-refractivity contribution >= 4 is 7.82 Å². The maximum atomic E-state index is 11.1. The van der Waals surface area contributed by atoms with Gasteiger partial charge in [0.25, 0.3) is 0 Å². The molecule has 14 heavy (non-hydrogen) atoms. The normalized spacial score (nSPS) is 31.6. The smallest absolute Gasteiger partial charge is 0.382 e. The second kappa shape index (κ2) is 5.21. The zero-order valence-electron chi connectivity index (χ0n) is 8.21. The first-order valence-corrected chi connectivity index (χ1v) is 5.76. The summed E-state index contributed by atoms with van der Waals surface area (Å²) in [5.74, 6) is 0. The van der Waals surface area contributed by atoms with Gasteiger partial charge in [-0.25, -0.2) is 4.57 Å². The summed E-state index contributed by atoms with van der Waals surface area (Å²) in [5.41, 5.74) is 0. The minimum absolute atomic E-state index is 0.296. The third-order valence-corrected chi connectivity index (χ3v) is 2.98. The van der Waals surface area contributed by atoms with E-state index in [9.17, 15) is 4.57 Å². The molecule has 0 radical (unpaired) electrons. The van der Waals surface area contributed by atoms with Crippen LogP contribution in [-0.4, -0.2) is 44.5 Å². The van der Waals surface area contributed by atoms with Crippen LogP contribution in [0.2, 0.25) is 0 Å². The van der Waals surface area contributed by atoms with Crippen molar-refractivity contribution in [3.63, 3.8) is 0 Å². The van der Waals surface area contributed by atoms with Gasteiger partial charge in [0.1, 0.15) is 12.2 Å². The first-order valence-electron chi connectivity index (χ1n) is 4.26. The Balaban J connectivity index is 2.47. The Bertz CT molecular complexity index is 220. The van der Waals surface area contributed by atoms with Crippen molar-refractivity contribution in [2.75, 3.05) is 27.4 Å². The molecule has 0 saturated carbocycles. The summed E-state index contributed by atoms with van der Waals surface area (Å²) >= 11 is 0. The van der Waals surface area contributed by atoms with Gasteiger partial charge in [-0.1, -0.05) is 0 Å². The van der Waals surface area contributed by atoms with Crippen molar-refractivity contribution < 1.29 is 28.0 Å². The second-order valence-corrected chi connectivity index (χ2v) is 4.46. The van der Waals surface area contributed by atoms with Gasteiger partial charge in [0.05, 0.1) is 6.61 Å². The molecule has 0 aromatic carbocycles. The maximum Gasteiger partial charge on any atom is 0.472 e. The van der Waals surface area contributed by atoms with Crippen LogP contribution in [0.4, 0.5) is 0 Å². The van der Waals surface area contributed by atoms with Gasteiger partial charge in [-0.3, -0.25) is 9.05 Å². The quantitative estimate of drug-likeness (QED) is 0.690. The molecule has 1 aliphatic heterocycles. The van der Waals surface area contributed by atoms with Gasteiger partial charge in [-0.15, -0.1) is 0 Å². The van der Waals surface area contributed by atoms with Crippen LogP contribution in [0.3, 0.4) is 0 Å². The number of methoxy groups -OCH3 is 1. The van der Waals surface area contributed by atoms with Gasteiger partial charge < -0.3 is 14.4 Å². The number of hydrogen-bond acceptors (Lipinski definition) is 5. The number of phosphoric ester groups is 1. The molecule has 0 spiro atoms. The monoisotopic (exact) mass is 226 g/mol. The van der Waals surface area contributed by atoms with Crippen LogP contribution in [-0.2, 0) is 23.1 Å². The third-order valence-electron chi connectivity index (χ3n) is 1.98. The lowest BCUT2D eigenvalue weighted by molar-refractivity contribution is -0.0115. The summed E-state index contributed by atoms with van der Waals surface area (Å²) in [6, 6.07) is 0. The third kappa shape index (κ3) is 3.31. The highest BCUT2D eigenvalue weighted by Gasteiger charge is 2.35. The van der Waals surface area contributed by atoms with E-state index >= 15 is 0 Å². The van der Waals surface area contributed by atoms with Gasteiger partial charge >= 0.3 is 7.82 Å². The van der Waals surface area contributed by atoms with Crippen LogP contribution in [0.1, 0.15) is 6.42 Å². The molecule has 0 bridgehead atoms. The lowest BCUT2D eigenvalue weighted by Gasteiger charge is -2.19. The van der Waals surface area contributed by atoms with Crippen molar-refractivity contribution in [3.05, 3.63) is 0 Å². The molecule has 0 aromatic heterocycles. The Hall–Kier alpha value is 0.0300. The molecule has 7 heteroatoms. The fourth-order valence-corrected chi connectivity index (χ4v) is 1.95. The molecule has 0 amide bonds. The van der Waals surface area contributed by atoms with Crippen molar-refractivity contribution in [2.45, 2.75) is 18.6 Å². The molecular formula is C7H15O6P. The van der Waals surface area contributed by atoms with E-state index in [4.69, 9.17) is 18.9 Å². The van der Waals surface area contributed by atoms with E-state index in [0.29, 0.717) is 19.6 Å². The van der Waals surface area contributed by atoms with E-state index in [1.807, 2.05) is 0 Å². The van der Waals surface area contributed by atoms with Crippen LogP contribution in [0, 0.1) is 0 Å². The van der Waals surface area contributed by atoms with Crippen LogP contribution < -0.4 is 0 Å². The van der Waals surface area contributed by atoms with Crippen molar-refractivity contribution in [3.8, 4) is 0 Å². The Morgan fingerprint density at radius 3 is 2.86 bits per heavy atom. The van der Waals surface area contributed by atoms with Crippen LogP contribution in [0.5, 0.6) is 0 Å². The molecule has 1 rings (SSSR count). The topological polar surface area (TPSA) is 74.2 Å². The van der Waals surface area contributed by atoms with E-state index in [-0.39, 0.29) is 6.10 Å². The molecule has 0 aliphatic carbocycles. The highest BCUT2D eigenvalue weighted by Crippen LogP contribution is 2.45. The maximum absolute atomic E-state index is 11.1. The zero-order chi connectivity index (χ0) is 10.6. The average molecular weight is 226 g/mol. The average Bonchev–Trinajstić information content (AvgIpc) is 2.53. The van der Waals surface area contributed by atoms with Crippen LogP contribution >= 0.6 is 7.82 Å². The van der Waals surface area contributed by atoms with Crippen LogP contribution in [0.25, 0.3) is 0 Å². The fourth-order valence-electron chi connectivity index (χ4n) is 1.28. The molecule has 0 aromatic rings. The summed E-state index contributed by atoms with van der Waals surface area (Å²) in [5, 5.41) is 0. The molecule has 3 atom stereocenters. The van der Waals surface area contributed by atoms with E-state index in [1.165, 1.54) is 7.11 Å². The molecule has 1 heterocycles. The Morgan fingerprint density at radius 1 is 1.57 bits per heavy atom. The predicted octanol–water partition coefficient (Wildman–Crippen LogP) is 0.554. The minimum atomic E-state index is -3.92. The van der Waals surface area contributed by atoms with Gasteiger partial charge in [0.2, 0.25) is 0 Å². The second-order valence-electron chi connectivity index (χ2n) is 2.95. The first-order chi connectivity index (χ1) is 6.59. The molecule has 84 valence electrons. The zero-order valence-corrected chi connectivity index (χ0v) is 9.11. The lowest BCUT2D eigenvalue weighted by atomic mass is 10.2. The summed E-state index contributed by atoms with van der Waals surface area (Å²) < 4.78 is 30.5. The van der Waals surface area contributed by atoms with Gasteiger partial charge in [-0.2, -0.15) is 0 Å². The molecule has 1 N–H and O–H groups in total. The number of ether oxygens (including phenoxy) is 2.